The first-order valence-electron chi connectivity index (χ1n) is 4.82. The maximum Gasteiger partial charge on any atom is 0.133 e. The van der Waals surface area contributed by atoms with Crippen LogP contribution in [0.25, 0.3) is 0 Å². The van der Waals surface area contributed by atoms with E-state index in [1.165, 1.54) is 5.56 Å². The Morgan fingerprint density at radius 1 is 1.50 bits per heavy atom. The highest BCUT2D eigenvalue weighted by atomic mass is 79.9. The summed E-state index contributed by atoms with van der Waals surface area (Å²) in [5.74, 6) is 1.72. The summed E-state index contributed by atoms with van der Waals surface area (Å²) in [7, 11) is 1.69. The minimum absolute atomic E-state index is 0.815. The molecule has 76 valence electrons. The van der Waals surface area contributed by atoms with Gasteiger partial charge in [0.05, 0.1) is 11.6 Å². The molecule has 1 N–H and O–H groups in total. The van der Waals surface area contributed by atoms with Crippen LogP contribution in [-0.4, -0.2) is 20.2 Å². The third kappa shape index (κ3) is 2.10. The number of hydrogen-bond donors (Lipinski definition) is 1. The largest absolute Gasteiger partial charge is 0.496 e. The van der Waals surface area contributed by atoms with Crippen LogP contribution in [0, 0.1) is 5.92 Å². The molecule has 0 amide bonds. The maximum atomic E-state index is 5.19. The van der Waals surface area contributed by atoms with Crippen molar-refractivity contribution in [1.29, 1.82) is 0 Å². The predicted octanol–water partition coefficient (Wildman–Crippen LogP) is 2.22. The van der Waals surface area contributed by atoms with Gasteiger partial charge in [-0.15, -0.1) is 0 Å². The van der Waals surface area contributed by atoms with E-state index in [-0.39, 0.29) is 0 Å². The highest BCUT2D eigenvalue weighted by molar-refractivity contribution is 9.10. The van der Waals surface area contributed by atoms with Gasteiger partial charge in [0.1, 0.15) is 5.75 Å². The third-order valence-corrected chi connectivity index (χ3v) is 3.23. The van der Waals surface area contributed by atoms with E-state index < -0.39 is 0 Å². The Bertz CT molecular complexity index is 323. The summed E-state index contributed by atoms with van der Waals surface area (Å²) in [6, 6.07) is 6.31. The molecule has 0 atom stereocenters. The Morgan fingerprint density at radius 3 is 2.79 bits per heavy atom. The van der Waals surface area contributed by atoms with Crippen LogP contribution in [0.3, 0.4) is 0 Å². The molecule has 0 spiro atoms. The topological polar surface area (TPSA) is 21.3 Å². The normalized spacial score (nSPS) is 16.4. The van der Waals surface area contributed by atoms with Crippen molar-refractivity contribution in [3.63, 3.8) is 0 Å². The molecule has 0 bridgehead atoms. The average molecular weight is 256 g/mol. The van der Waals surface area contributed by atoms with Crippen molar-refractivity contribution in [2.45, 2.75) is 6.42 Å². The summed E-state index contributed by atoms with van der Waals surface area (Å²) in [4.78, 5) is 0. The maximum absolute atomic E-state index is 5.19. The van der Waals surface area contributed by atoms with Gasteiger partial charge in [0.25, 0.3) is 0 Å². The second-order valence-corrected chi connectivity index (χ2v) is 4.55. The van der Waals surface area contributed by atoms with Crippen molar-refractivity contribution in [3.05, 3.63) is 28.2 Å². The minimum atomic E-state index is 0.815. The molecule has 3 heteroatoms. The molecular formula is C11H14BrNO. The number of hydrogen-bond acceptors (Lipinski definition) is 2. The second-order valence-electron chi connectivity index (χ2n) is 3.70. The van der Waals surface area contributed by atoms with E-state index in [1.54, 1.807) is 7.11 Å². The van der Waals surface area contributed by atoms with Gasteiger partial charge in [0, 0.05) is 0 Å². The Morgan fingerprint density at radius 2 is 2.29 bits per heavy atom. The molecule has 2 rings (SSSR count). The lowest BCUT2D eigenvalue weighted by atomic mass is 9.94. The molecule has 1 aromatic carbocycles. The van der Waals surface area contributed by atoms with Crippen LogP contribution in [0.4, 0.5) is 0 Å². The first kappa shape index (κ1) is 9.99. The predicted molar refractivity (Wildman–Crippen MR) is 60.8 cm³/mol. The third-order valence-electron chi connectivity index (χ3n) is 2.61. The Balaban J connectivity index is 2.07. The van der Waals surface area contributed by atoms with Gasteiger partial charge in [-0.1, -0.05) is 6.07 Å². The lowest BCUT2D eigenvalue weighted by Gasteiger charge is -2.27. The zero-order valence-corrected chi connectivity index (χ0v) is 9.80. The summed E-state index contributed by atoms with van der Waals surface area (Å²) >= 11 is 3.50. The van der Waals surface area contributed by atoms with Crippen molar-refractivity contribution in [3.8, 4) is 5.75 Å². The Labute approximate surface area is 92.8 Å². The van der Waals surface area contributed by atoms with E-state index in [2.05, 4.69) is 33.4 Å². The highest BCUT2D eigenvalue weighted by Crippen LogP contribution is 2.26. The smallest absolute Gasteiger partial charge is 0.133 e. The molecule has 0 aromatic heterocycles. The number of ether oxygens (including phenoxy) is 1. The van der Waals surface area contributed by atoms with E-state index in [0.29, 0.717) is 0 Å². The number of benzene rings is 1. The van der Waals surface area contributed by atoms with E-state index in [4.69, 9.17) is 4.74 Å². The van der Waals surface area contributed by atoms with E-state index >= 15 is 0 Å². The van der Waals surface area contributed by atoms with Crippen LogP contribution in [0.2, 0.25) is 0 Å². The fourth-order valence-electron chi connectivity index (χ4n) is 1.66. The van der Waals surface area contributed by atoms with Crippen LogP contribution >= 0.6 is 15.9 Å². The summed E-state index contributed by atoms with van der Waals surface area (Å²) in [5, 5.41) is 3.28. The zero-order valence-electron chi connectivity index (χ0n) is 8.22. The fraction of sp³-hybridized carbons (Fsp3) is 0.455. The van der Waals surface area contributed by atoms with Crippen molar-refractivity contribution < 1.29 is 4.74 Å². The molecule has 1 fully saturated rings. The molecule has 1 aliphatic heterocycles. The molecule has 1 aliphatic rings. The number of halogens is 1. The van der Waals surface area contributed by atoms with Crippen molar-refractivity contribution in [2.24, 2.45) is 5.92 Å². The van der Waals surface area contributed by atoms with Crippen LogP contribution in [0.5, 0.6) is 5.75 Å². The fourth-order valence-corrected chi connectivity index (χ4v) is 2.25. The molecular weight excluding hydrogens is 242 g/mol. The van der Waals surface area contributed by atoms with Crippen molar-refractivity contribution >= 4 is 15.9 Å². The Hall–Kier alpha value is -0.540. The van der Waals surface area contributed by atoms with E-state index in [0.717, 1.165) is 35.7 Å². The van der Waals surface area contributed by atoms with Crippen LogP contribution in [0.15, 0.2) is 22.7 Å². The van der Waals surface area contributed by atoms with Gasteiger partial charge in [0.2, 0.25) is 0 Å². The van der Waals surface area contributed by atoms with Crippen LogP contribution in [0.1, 0.15) is 5.56 Å². The lowest BCUT2D eigenvalue weighted by Crippen LogP contribution is -2.43. The molecule has 0 saturated carbocycles. The molecule has 1 saturated heterocycles. The summed E-state index contributed by atoms with van der Waals surface area (Å²) < 4.78 is 6.23. The minimum Gasteiger partial charge on any atom is -0.496 e. The SMILES string of the molecule is COc1ccc(CC2CNC2)cc1Br. The molecule has 2 nitrogen and oxygen atoms in total. The molecule has 0 radical (unpaired) electrons. The number of nitrogens with one attached hydrogen (secondary N) is 1. The van der Waals surface area contributed by atoms with Gasteiger partial charge in [-0.2, -0.15) is 0 Å². The molecule has 1 aromatic rings. The van der Waals surface area contributed by atoms with Crippen molar-refractivity contribution in [2.75, 3.05) is 20.2 Å². The van der Waals surface area contributed by atoms with Gasteiger partial charge < -0.3 is 10.1 Å². The standard InChI is InChI=1S/C11H14BrNO/c1-14-11-3-2-8(5-10(11)12)4-9-6-13-7-9/h2-3,5,9,13H,4,6-7H2,1H3. The molecule has 1 heterocycles. The van der Waals surface area contributed by atoms with Crippen LogP contribution < -0.4 is 10.1 Å². The van der Waals surface area contributed by atoms with Crippen LogP contribution in [-0.2, 0) is 6.42 Å². The highest BCUT2D eigenvalue weighted by Gasteiger charge is 2.17. The Kier molecular flexibility index (Phi) is 3.08. The average Bonchev–Trinajstić information content (AvgIpc) is 2.12. The molecule has 0 unspecified atom stereocenters. The summed E-state index contributed by atoms with van der Waals surface area (Å²) in [5.41, 5.74) is 1.38. The second kappa shape index (κ2) is 4.32. The summed E-state index contributed by atoms with van der Waals surface area (Å²) in [6.07, 6.45) is 1.16. The number of rotatable bonds is 3. The van der Waals surface area contributed by atoms with E-state index in [1.807, 2.05) is 6.07 Å². The van der Waals surface area contributed by atoms with Gasteiger partial charge in [-0.25, -0.2) is 0 Å². The van der Waals surface area contributed by atoms with Gasteiger partial charge in [0.15, 0.2) is 0 Å². The van der Waals surface area contributed by atoms with E-state index in [9.17, 15) is 0 Å². The van der Waals surface area contributed by atoms with Gasteiger partial charge in [-0.3, -0.25) is 0 Å². The first-order valence-corrected chi connectivity index (χ1v) is 5.62. The van der Waals surface area contributed by atoms with Gasteiger partial charge in [-0.05, 0) is 59.1 Å². The number of methoxy groups -OCH3 is 1. The van der Waals surface area contributed by atoms with Gasteiger partial charge >= 0.3 is 0 Å². The van der Waals surface area contributed by atoms with Crippen molar-refractivity contribution in [1.82, 2.24) is 5.32 Å². The summed E-state index contributed by atoms with van der Waals surface area (Å²) in [6.45, 7) is 2.31. The lowest BCUT2D eigenvalue weighted by molar-refractivity contribution is 0.346. The quantitative estimate of drug-likeness (QED) is 0.895. The zero-order chi connectivity index (χ0) is 9.97. The monoisotopic (exact) mass is 255 g/mol. The molecule has 0 aliphatic carbocycles. The first-order chi connectivity index (χ1) is 6.79. The molecule has 14 heavy (non-hydrogen) atoms.